The number of alkyl halides is 3. The Balaban J connectivity index is 1.64. The van der Waals surface area contributed by atoms with Crippen molar-refractivity contribution in [3.63, 3.8) is 0 Å². The van der Waals surface area contributed by atoms with E-state index in [1.54, 1.807) is 34.6 Å². The van der Waals surface area contributed by atoms with Crippen LogP contribution in [-0.4, -0.2) is 31.3 Å². The maximum Gasteiger partial charge on any atom is 0.416 e. The van der Waals surface area contributed by atoms with Gasteiger partial charge in [0.1, 0.15) is 5.65 Å². The van der Waals surface area contributed by atoms with Gasteiger partial charge < -0.3 is 14.4 Å². The van der Waals surface area contributed by atoms with Crippen LogP contribution in [0.2, 0.25) is 0 Å². The van der Waals surface area contributed by atoms with Crippen LogP contribution in [0, 0.1) is 12.8 Å². The van der Waals surface area contributed by atoms with Crippen molar-refractivity contribution >= 4 is 17.5 Å². The standard InChI is InChI=1S/C29H26F3N3O3/c1-18-11-12-35-23(15-26(36)37)14-25(27(35)33-18)24-10-9-22(29(30,31)32)13-21(24)17-34(28(38)20-7-8-20)16-19-5-3-2-4-6-19/h2-6,9-14,20H,7-8,15-17H2,1H3,(H,36,37). The summed E-state index contributed by atoms with van der Waals surface area (Å²) in [6.07, 6.45) is -1.59. The number of carbonyl (C=O) groups is 2. The summed E-state index contributed by atoms with van der Waals surface area (Å²) in [6, 6.07) is 16.2. The largest absolute Gasteiger partial charge is 0.481 e. The molecule has 0 radical (unpaired) electrons. The Morgan fingerprint density at radius 2 is 1.76 bits per heavy atom. The van der Waals surface area contributed by atoms with Crippen LogP contribution in [0.5, 0.6) is 0 Å². The Bertz CT molecular complexity index is 1510. The first-order valence-corrected chi connectivity index (χ1v) is 12.3. The molecule has 9 heteroatoms. The molecule has 0 unspecified atom stereocenters. The van der Waals surface area contributed by atoms with Crippen molar-refractivity contribution in [2.75, 3.05) is 0 Å². The summed E-state index contributed by atoms with van der Waals surface area (Å²) >= 11 is 0. The zero-order valence-electron chi connectivity index (χ0n) is 20.7. The number of rotatable bonds is 8. The van der Waals surface area contributed by atoms with Crippen LogP contribution < -0.4 is 0 Å². The molecule has 38 heavy (non-hydrogen) atoms. The maximum atomic E-state index is 13.8. The number of hydrogen-bond donors (Lipinski definition) is 1. The molecule has 4 aromatic rings. The van der Waals surface area contributed by atoms with Gasteiger partial charge in [-0.3, -0.25) is 9.59 Å². The highest BCUT2D eigenvalue weighted by Gasteiger charge is 2.35. The van der Waals surface area contributed by atoms with Gasteiger partial charge in [0.25, 0.3) is 0 Å². The third kappa shape index (κ3) is 5.41. The Labute approximate surface area is 217 Å². The summed E-state index contributed by atoms with van der Waals surface area (Å²) in [7, 11) is 0. The lowest BCUT2D eigenvalue weighted by Gasteiger charge is -2.25. The van der Waals surface area contributed by atoms with Crippen LogP contribution in [0.3, 0.4) is 0 Å². The van der Waals surface area contributed by atoms with E-state index in [4.69, 9.17) is 0 Å². The number of fused-ring (bicyclic) bond motifs is 1. The van der Waals surface area contributed by atoms with Crippen molar-refractivity contribution in [1.82, 2.24) is 14.3 Å². The smallest absolute Gasteiger partial charge is 0.416 e. The molecule has 0 spiro atoms. The van der Waals surface area contributed by atoms with Gasteiger partial charge in [0.15, 0.2) is 0 Å². The van der Waals surface area contributed by atoms with Crippen molar-refractivity contribution in [2.24, 2.45) is 5.92 Å². The van der Waals surface area contributed by atoms with Gasteiger partial charge in [0.2, 0.25) is 5.91 Å². The minimum absolute atomic E-state index is 0.0269. The third-order valence-electron chi connectivity index (χ3n) is 6.71. The van der Waals surface area contributed by atoms with Crippen molar-refractivity contribution in [2.45, 2.75) is 45.5 Å². The van der Waals surface area contributed by atoms with Crippen molar-refractivity contribution in [3.8, 4) is 11.1 Å². The second-order valence-corrected chi connectivity index (χ2v) is 9.71. The molecular formula is C29H26F3N3O3. The first-order valence-electron chi connectivity index (χ1n) is 12.3. The second kappa shape index (κ2) is 9.96. The maximum absolute atomic E-state index is 13.8. The summed E-state index contributed by atoms with van der Waals surface area (Å²) in [4.78, 5) is 30.9. The van der Waals surface area contributed by atoms with Gasteiger partial charge in [0.05, 0.1) is 12.0 Å². The highest BCUT2D eigenvalue weighted by atomic mass is 19.4. The minimum atomic E-state index is -4.57. The molecule has 2 aromatic heterocycles. The molecule has 1 aliphatic carbocycles. The van der Waals surface area contributed by atoms with Crippen LogP contribution in [0.4, 0.5) is 13.2 Å². The van der Waals surface area contributed by atoms with Gasteiger partial charge in [-0.2, -0.15) is 13.2 Å². The van der Waals surface area contributed by atoms with Crippen molar-refractivity contribution in [3.05, 3.63) is 94.9 Å². The number of benzene rings is 2. The lowest BCUT2D eigenvalue weighted by molar-refractivity contribution is -0.138. The van der Waals surface area contributed by atoms with Gasteiger partial charge in [-0.15, -0.1) is 0 Å². The predicted molar refractivity (Wildman–Crippen MR) is 135 cm³/mol. The first kappa shape index (κ1) is 25.5. The van der Waals surface area contributed by atoms with E-state index in [1.165, 1.54) is 6.07 Å². The van der Waals surface area contributed by atoms with Crippen molar-refractivity contribution < 1.29 is 27.9 Å². The number of carboxylic acid groups (broad SMARTS) is 1. The fraction of sp³-hybridized carbons (Fsp3) is 0.276. The number of nitrogens with zero attached hydrogens (tertiary/aromatic N) is 3. The number of amides is 1. The predicted octanol–water partition coefficient (Wildman–Crippen LogP) is 5.89. The Hall–Kier alpha value is -4.14. The van der Waals surface area contributed by atoms with Gasteiger partial charge in [0, 0.05) is 42.2 Å². The fourth-order valence-electron chi connectivity index (χ4n) is 4.70. The highest BCUT2D eigenvalue weighted by Crippen LogP contribution is 2.38. The van der Waals surface area contributed by atoms with E-state index in [-0.39, 0.29) is 31.3 Å². The molecule has 5 rings (SSSR count). The van der Waals surface area contributed by atoms with E-state index in [9.17, 15) is 27.9 Å². The van der Waals surface area contributed by atoms with E-state index >= 15 is 0 Å². The molecule has 0 atom stereocenters. The fourth-order valence-corrected chi connectivity index (χ4v) is 4.70. The lowest BCUT2D eigenvalue weighted by atomic mass is 9.97. The molecule has 0 saturated heterocycles. The van der Waals surface area contributed by atoms with Crippen molar-refractivity contribution in [1.29, 1.82) is 0 Å². The molecule has 2 heterocycles. The van der Waals surface area contributed by atoms with Crippen LogP contribution in [0.25, 0.3) is 16.8 Å². The zero-order valence-corrected chi connectivity index (χ0v) is 20.7. The average molecular weight is 522 g/mol. The van der Waals surface area contributed by atoms with Gasteiger partial charge in [-0.25, -0.2) is 4.98 Å². The van der Waals surface area contributed by atoms with E-state index in [2.05, 4.69) is 4.98 Å². The molecule has 0 aliphatic heterocycles. The van der Waals surface area contributed by atoms with E-state index < -0.39 is 17.7 Å². The Kier molecular flexibility index (Phi) is 6.69. The molecule has 1 amide bonds. The molecule has 0 bridgehead atoms. The summed E-state index contributed by atoms with van der Waals surface area (Å²) in [5.41, 5.74) is 2.98. The van der Waals surface area contributed by atoms with E-state index in [0.717, 1.165) is 30.5 Å². The molecule has 1 N–H and O–H groups in total. The van der Waals surface area contributed by atoms with Gasteiger partial charge in [-0.05, 0) is 60.7 Å². The van der Waals surface area contributed by atoms with E-state index in [1.807, 2.05) is 30.3 Å². The molecule has 1 saturated carbocycles. The van der Waals surface area contributed by atoms with Crippen LogP contribution in [0.1, 0.15) is 40.9 Å². The summed E-state index contributed by atoms with van der Waals surface area (Å²) < 4.78 is 43.0. The Morgan fingerprint density at radius 1 is 1.03 bits per heavy atom. The number of aliphatic carboxylic acids is 1. The van der Waals surface area contributed by atoms with Gasteiger partial charge >= 0.3 is 12.1 Å². The number of hydrogen-bond acceptors (Lipinski definition) is 3. The Morgan fingerprint density at radius 3 is 2.42 bits per heavy atom. The highest BCUT2D eigenvalue weighted by molar-refractivity contribution is 5.84. The molecule has 6 nitrogen and oxygen atoms in total. The first-order chi connectivity index (χ1) is 18.1. The third-order valence-corrected chi connectivity index (χ3v) is 6.71. The van der Waals surface area contributed by atoms with Gasteiger partial charge in [-0.1, -0.05) is 36.4 Å². The van der Waals surface area contributed by atoms with Crippen LogP contribution in [-0.2, 0) is 35.3 Å². The minimum Gasteiger partial charge on any atom is -0.481 e. The molecular weight excluding hydrogens is 495 g/mol. The summed E-state index contributed by atoms with van der Waals surface area (Å²) in [5.74, 6) is -1.23. The average Bonchev–Trinajstić information content (AvgIpc) is 3.66. The molecule has 2 aromatic carbocycles. The summed E-state index contributed by atoms with van der Waals surface area (Å²) in [5, 5.41) is 9.42. The lowest BCUT2D eigenvalue weighted by Crippen LogP contribution is -2.31. The normalized spacial score (nSPS) is 13.6. The molecule has 196 valence electrons. The zero-order chi connectivity index (χ0) is 27.0. The number of aromatic nitrogens is 2. The molecule has 1 aliphatic rings. The SMILES string of the molecule is Cc1ccn2c(CC(=O)O)cc(-c3ccc(C(F)(F)F)cc3CN(Cc3ccccc3)C(=O)C3CC3)c2n1. The van der Waals surface area contributed by atoms with Crippen LogP contribution in [0.15, 0.2) is 66.9 Å². The number of halogens is 3. The number of aryl methyl sites for hydroxylation is 1. The van der Waals surface area contributed by atoms with Crippen LogP contribution >= 0.6 is 0 Å². The summed E-state index contributed by atoms with van der Waals surface area (Å²) in [6.45, 7) is 2.03. The second-order valence-electron chi connectivity index (χ2n) is 9.71. The number of carboxylic acids is 1. The monoisotopic (exact) mass is 521 g/mol. The van der Waals surface area contributed by atoms with E-state index in [0.29, 0.717) is 33.7 Å². The topological polar surface area (TPSA) is 74.9 Å². The number of carbonyl (C=O) groups excluding carboxylic acids is 1. The quantitative estimate of drug-likeness (QED) is 0.314. The molecule has 1 fully saturated rings.